The fourth-order valence-electron chi connectivity index (χ4n) is 2.44. The van der Waals surface area contributed by atoms with E-state index in [1.165, 1.54) is 5.56 Å². The van der Waals surface area contributed by atoms with Crippen molar-refractivity contribution in [3.8, 4) is 0 Å². The highest BCUT2D eigenvalue weighted by molar-refractivity contribution is 5.18. The summed E-state index contributed by atoms with van der Waals surface area (Å²) in [4.78, 5) is 0. The second-order valence-corrected chi connectivity index (χ2v) is 4.68. The molecule has 0 amide bonds. The summed E-state index contributed by atoms with van der Waals surface area (Å²) in [6, 6.07) is 10.8. The molecule has 1 saturated heterocycles. The lowest BCUT2D eigenvalue weighted by Crippen LogP contribution is -2.30. The molecular weight excluding hydrogens is 226 g/mol. The van der Waals surface area contributed by atoms with Gasteiger partial charge in [0.25, 0.3) is 0 Å². The maximum Gasteiger partial charge on any atom is 0.155 e. The van der Waals surface area contributed by atoms with E-state index in [0.717, 1.165) is 38.2 Å². The lowest BCUT2D eigenvalue weighted by molar-refractivity contribution is 0.331. The molecule has 0 saturated carbocycles. The Morgan fingerprint density at radius 1 is 1.17 bits per heavy atom. The summed E-state index contributed by atoms with van der Waals surface area (Å²) in [5.74, 6) is 0.966. The van der Waals surface area contributed by atoms with Gasteiger partial charge >= 0.3 is 0 Å². The molecule has 1 aromatic carbocycles. The molecule has 5 heteroatoms. The smallest absolute Gasteiger partial charge is 0.155 e. The third kappa shape index (κ3) is 2.41. The van der Waals surface area contributed by atoms with E-state index >= 15 is 0 Å². The number of hydrogen-bond acceptors (Lipinski definition) is 4. The number of nitrogens with one attached hydrogen (secondary N) is 1. The monoisotopic (exact) mass is 243 g/mol. The van der Waals surface area contributed by atoms with E-state index in [9.17, 15) is 0 Å². The minimum Gasteiger partial charge on any atom is -0.317 e. The van der Waals surface area contributed by atoms with Crippen LogP contribution in [-0.2, 0) is 6.42 Å². The van der Waals surface area contributed by atoms with Crippen LogP contribution in [-0.4, -0.2) is 33.3 Å². The van der Waals surface area contributed by atoms with Crippen molar-refractivity contribution in [1.82, 2.24) is 25.5 Å². The quantitative estimate of drug-likeness (QED) is 0.879. The van der Waals surface area contributed by atoms with Crippen molar-refractivity contribution in [3.05, 3.63) is 41.7 Å². The van der Waals surface area contributed by atoms with Gasteiger partial charge in [0.1, 0.15) is 0 Å². The van der Waals surface area contributed by atoms with Crippen molar-refractivity contribution in [3.63, 3.8) is 0 Å². The van der Waals surface area contributed by atoms with Crippen molar-refractivity contribution in [2.45, 2.75) is 25.3 Å². The average molecular weight is 243 g/mol. The second kappa shape index (κ2) is 5.27. The molecule has 0 spiro atoms. The van der Waals surface area contributed by atoms with E-state index in [2.05, 4.69) is 33.0 Å². The van der Waals surface area contributed by atoms with Crippen LogP contribution in [0.2, 0.25) is 0 Å². The highest BCUT2D eigenvalue weighted by Gasteiger charge is 2.19. The number of piperidine rings is 1. The SMILES string of the molecule is c1ccc(Cc2nnnn2C2CCNCC2)cc1. The Kier molecular flexibility index (Phi) is 3.32. The lowest BCUT2D eigenvalue weighted by atomic mass is 10.1. The van der Waals surface area contributed by atoms with Crippen LogP contribution >= 0.6 is 0 Å². The maximum atomic E-state index is 4.17. The molecule has 94 valence electrons. The highest BCUT2D eigenvalue weighted by atomic mass is 15.5. The summed E-state index contributed by atoms with van der Waals surface area (Å²) in [7, 11) is 0. The Labute approximate surface area is 106 Å². The third-order valence-electron chi connectivity index (χ3n) is 3.42. The Balaban J connectivity index is 1.78. The normalized spacial score (nSPS) is 16.9. The molecule has 1 aliphatic rings. The predicted molar refractivity (Wildman–Crippen MR) is 68.2 cm³/mol. The summed E-state index contributed by atoms with van der Waals surface area (Å²) < 4.78 is 2.01. The van der Waals surface area contributed by atoms with E-state index in [0.29, 0.717) is 6.04 Å². The van der Waals surface area contributed by atoms with Gasteiger partial charge in [-0.3, -0.25) is 0 Å². The number of tetrazole rings is 1. The van der Waals surface area contributed by atoms with Gasteiger partial charge in [0.2, 0.25) is 0 Å². The molecule has 0 unspecified atom stereocenters. The van der Waals surface area contributed by atoms with Crippen LogP contribution < -0.4 is 5.32 Å². The Hall–Kier alpha value is -1.75. The van der Waals surface area contributed by atoms with Gasteiger partial charge in [0.05, 0.1) is 6.04 Å². The maximum absolute atomic E-state index is 4.17. The summed E-state index contributed by atoms with van der Waals surface area (Å²) in [5.41, 5.74) is 1.25. The van der Waals surface area contributed by atoms with Gasteiger partial charge in [0, 0.05) is 6.42 Å². The number of aromatic nitrogens is 4. The van der Waals surface area contributed by atoms with E-state index < -0.39 is 0 Å². The molecule has 1 N–H and O–H groups in total. The molecule has 0 aliphatic carbocycles. The summed E-state index contributed by atoms with van der Waals surface area (Å²) >= 11 is 0. The Morgan fingerprint density at radius 2 is 1.94 bits per heavy atom. The number of benzene rings is 1. The molecule has 0 radical (unpaired) electrons. The average Bonchev–Trinajstić information content (AvgIpc) is 2.89. The Bertz CT molecular complexity index is 487. The zero-order chi connectivity index (χ0) is 12.2. The van der Waals surface area contributed by atoms with E-state index in [1.807, 2.05) is 22.9 Å². The fourth-order valence-corrected chi connectivity index (χ4v) is 2.44. The standard InChI is InChI=1S/C13H17N5/c1-2-4-11(5-3-1)10-13-15-16-17-18(13)12-6-8-14-9-7-12/h1-5,12,14H,6-10H2. The van der Waals surface area contributed by atoms with Crippen LogP contribution in [0.15, 0.2) is 30.3 Å². The van der Waals surface area contributed by atoms with Crippen molar-refractivity contribution >= 4 is 0 Å². The molecule has 18 heavy (non-hydrogen) atoms. The van der Waals surface area contributed by atoms with Gasteiger partial charge in [-0.1, -0.05) is 30.3 Å². The number of rotatable bonds is 3. The van der Waals surface area contributed by atoms with Crippen molar-refractivity contribution < 1.29 is 0 Å². The predicted octanol–water partition coefficient (Wildman–Crippen LogP) is 1.19. The minimum atomic E-state index is 0.444. The largest absolute Gasteiger partial charge is 0.317 e. The van der Waals surface area contributed by atoms with E-state index in [1.54, 1.807) is 0 Å². The molecule has 2 aromatic rings. The molecule has 0 bridgehead atoms. The first-order chi connectivity index (χ1) is 8.93. The van der Waals surface area contributed by atoms with Gasteiger partial charge in [0.15, 0.2) is 5.82 Å². The van der Waals surface area contributed by atoms with Crippen LogP contribution in [0.25, 0.3) is 0 Å². The lowest BCUT2D eigenvalue weighted by Gasteiger charge is -2.23. The van der Waals surface area contributed by atoms with Crippen LogP contribution in [0.3, 0.4) is 0 Å². The first-order valence-corrected chi connectivity index (χ1v) is 6.45. The molecule has 5 nitrogen and oxygen atoms in total. The molecule has 3 rings (SSSR count). The molecule has 1 fully saturated rings. The van der Waals surface area contributed by atoms with Crippen LogP contribution in [0.4, 0.5) is 0 Å². The van der Waals surface area contributed by atoms with Gasteiger partial charge in [-0.25, -0.2) is 4.68 Å². The summed E-state index contributed by atoms with van der Waals surface area (Å²) in [6.45, 7) is 2.10. The van der Waals surface area contributed by atoms with Crippen LogP contribution in [0.1, 0.15) is 30.3 Å². The van der Waals surface area contributed by atoms with Crippen molar-refractivity contribution in [2.75, 3.05) is 13.1 Å². The van der Waals surface area contributed by atoms with Gasteiger partial charge < -0.3 is 5.32 Å². The van der Waals surface area contributed by atoms with E-state index in [4.69, 9.17) is 0 Å². The first-order valence-electron chi connectivity index (χ1n) is 6.45. The second-order valence-electron chi connectivity index (χ2n) is 4.68. The Morgan fingerprint density at radius 3 is 2.72 bits per heavy atom. The molecule has 1 aliphatic heterocycles. The molecule has 2 heterocycles. The van der Waals surface area contributed by atoms with Crippen LogP contribution in [0, 0.1) is 0 Å². The van der Waals surface area contributed by atoms with Crippen molar-refractivity contribution in [1.29, 1.82) is 0 Å². The zero-order valence-corrected chi connectivity index (χ0v) is 10.3. The molecule has 0 atom stereocenters. The van der Waals surface area contributed by atoms with Crippen LogP contribution in [0.5, 0.6) is 0 Å². The first kappa shape index (κ1) is 11.3. The van der Waals surface area contributed by atoms with Gasteiger partial charge in [-0.15, -0.1) is 5.10 Å². The summed E-state index contributed by atoms with van der Waals surface area (Å²) in [5, 5.41) is 15.5. The minimum absolute atomic E-state index is 0.444. The number of nitrogens with zero attached hydrogens (tertiary/aromatic N) is 4. The number of hydrogen-bond donors (Lipinski definition) is 1. The third-order valence-corrected chi connectivity index (χ3v) is 3.42. The zero-order valence-electron chi connectivity index (χ0n) is 10.3. The fraction of sp³-hybridized carbons (Fsp3) is 0.462. The van der Waals surface area contributed by atoms with Gasteiger partial charge in [-0.05, 0) is 41.9 Å². The van der Waals surface area contributed by atoms with Gasteiger partial charge in [-0.2, -0.15) is 0 Å². The molecule has 1 aromatic heterocycles. The van der Waals surface area contributed by atoms with Crippen molar-refractivity contribution in [2.24, 2.45) is 0 Å². The molecular formula is C13H17N5. The van der Waals surface area contributed by atoms with E-state index in [-0.39, 0.29) is 0 Å². The topological polar surface area (TPSA) is 55.6 Å². The highest BCUT2D eigenvalue weighted by Crippen LogP contribution is 2.19. The summed E-state index contributed by atoms with van der Waals surface area (Å²) in [6.07, 6.45) is 3.01.